The predicted molar refractivity (Wildman–Crippen MR) is 66.6 cm³/mol. The van der Waals surface area contributed by atoms with Crippen molar-refractivity contribution in [2.75, 3.05) is 6.54 Å². The summed E-state index contributed by atoms with van der Waals surface area (Å²) in [5.74, 6) is 3.05. The van der Waals surface area contributed by atoms with Crippen LogP contribution in [0.2, 0.25) is 0 Å². The average molecular weight is 221 g/mol. The van der Waals surface area contributed by atoms with Gasteiger partial charge in [0.05, 0.1) is 0 Å². The summed E-state index contributed by atoms with van der Waals surface area (Å²) in [6.45, 7) is 7.31. The minimum Gasteiger partial charge on any atom is -0.466 e. The normalized spacial score (nSPS) is 18.4. The van der Waals surface area contributed by atoms with E-state index in [1.165, 1.54) is 31.2 Å². The van der Waals surface area contributed by atoms with E-state index in [9.17, 15) is 0 Å². The van der Waals surface area contributed by atoms with Crippen molar-refractivity contribution in [1.82, 2.24) is 5.32 Å². The average Bonchev–Trinajstić information content (AvgIpc) is 2.49. The third kappa shape index (κ3) is 2.49. The monoisotopic (exact) mass is 221 g/mol. The largest absolute Gasteiger partial charge is 0.466 e. The molecular weight excluding hydrogens is 198 g/mol. The number of furan rings is 1. The zero-order chi connectivity index (χ0) is 11.5. The van der Waals surface area contributed by atoms with Crippen LogP contribution in [0.15, 0.2) is 10.5 Å². The van der Waals surface area contributed by atoms with Crippen LogP contribution in [0.3, 0.4) is 0 Å². The lowest BCUT2D eigenvalue weighted by atomic mass is 9.79. The third-order valence-electron chi connectivity index (χ3n) is 3.70. The highest BCUT2D eigenvalue weighted by Crippen LogP contribution is 2.36. The first-order valence-corrected chi connectivity index (χ1v) is 6.51. The molecule has 1 saturated carbocycles. The zero-order valence-electron chi connectivity index (χ0n) is 10.7. The van der Waals surface area contributed by atoms with Crippen LogP contribution in [0.25, 0.3) is 0 Å². The van der Waals surface area contributed by atoms with Gasteiger partial charge in [-0.05, 0) is 38.8 Å². The number of nitrogens with one attached hydrogen (secondary N) is 1. The van der Waals surface area contributed by atoms with Crippen molar-refractivity contribution in [1.29, 1.82) is 0 Å². The Bertz CT molecular complexity index is 339. The first-order valence-electron chi connectivity index (χ1n) is 6.51. The van der Waals surface area contributed by atoms with Gasteiger partial charge in [0.25, 0.3) is 0 Å². The van der Waals surface area contributed by atoms with Crippen molar-refractivity contribution in [2.45, 2.75) is 52.5 Å². The molecule has 1 aromatic heterocycles. The van der Waals surface area contributed by atoms with Crippen molar-refractivity contribution >= 4 is 0 Å². The SMILES string of the molecule is CCNC(CC1CCC1)c1cc(C)oc1C. The summed E-state index contributed by atoms with van der Waals surface area (Å²) in [6.07, 6.45) is 5.52. The number of hydrogen-bond acceptors (Lipinski definition) is 2. The van der Waals surface area contributed by atoms with Gasteiger partial charge >= 0.3 is 0 Å². The van der Waals surface area contributed by atoms with Gasteiger partial charge in [-0.25, -0.2) is 0 Å². The molecule has 0 saturated heterocycles. The Balaban J connectivity index is 2.07. The van der Waals surface area contributed by atoms with Crippen molar-refractivity contribution in [3.05, 3.63) is 23.2 Å². The predicted octanol–water partition coefficient (Wildman–Crippen LogP) is 3.74. The van der Waals surface area contributed by atoms with E-state index in [2.05, 4.69) is 25.2 Å². The van der Waals surface area contributed by atoms with Crippen LogP contribution in [0.5, 0.6) is 0 Å². The van der Waals surface area contributed by atoms with Crippen molar-refractivity contribution in [2.24, 2.45) is 5.92 Å². The molecule has 0 spiro atoms. The van der Waals surface area contributed by atoms with E-state index in [1.54, 1.807) is 0 Å². The molecule has 1 N–H and O–H groups in total. The van der Waals surface area contributed by atoms with E-state index in [1.807, 2.05) is 6.92 Å². The maximum absolute atomic E-state index is 5.64. The number of hydrogen-bond donors (Lipinski definition) is 1. The molecule has 2 rings (SSSR count). The standard InChI is InChI=1S/C14H23NO/c1-4-15-14(9-12-6-5-7-12)13-8-10(2)16-11(13)3/h8,12,14-15H,4-7,9H2,1-3H3. The molecular formula is C14H23NO. The Kier molecular flexibility index (Phi) is 3.70. The second-order valence-corrected chi connectivity index (χ2v) is 5.01. The number of rotatable bonds is 5. The molecule has 1 aromatic rings. The van der Waals surface area contributed by atoms with Gasteiger partial charge < -0.3 is 9.73 Å². The van der Waals surface area contributed by atoms with E-state index in [0.29, 0.717) is 6.04 Å². The van der Waals surface area contributed by atoms with Crippen LogP contribution >= 0.6 is 0 Å². The molecule has 90 valence electrons. The van der Waals surface area contributed by atoms with Gasteiger partial charge in [0, 0.05) is 11.6 Å². The second kappa shape index (κ2) is 5.05. The first kappa shape index (κ1) is 11.7. The number of aryl methyl sites for hydroxylation is 2. The molecule has 1 atom stereocenters. The van der Waals surface area contributed by atoms with Crippen LogP contribution in [-0.2, 0) is 0 Å². The highest BCUT2D eigenvalue weighted by molar-refractivity contribution is 5.24. The molecule has 1 fully saturated rings. The summed E-state index contributed by atoms with van der Waals surface area (Å²) in [4.78, 5) is 0. The van der Waals surface area contributed by atoms with Crippen molar-refractivity contribution in [3.8, 4) is 0 Å². The van der Waals surface area contributed by atoms with Gasteiger partial charge in [-0.1, -0.05) is 26.2 Å². The van der Waals surface area contributed by atoms with Crippen LogP contribution in [-0.4, -0.2) is 6.54 Å². The topological polar surface area (TPSA) is 25.2 Å². The Morgan fingerprint density at radius 1 is 1.44 bits per heavy atom. The molecule has 16 heavy (non-hydrogen) atoms. The summed E-state index contributed by atoms with van der Waals surface area (Å²) in [5, 5.41) is 3.59. The Hall–Kier alpha value is -0.760. The Morgan fingerprint density at radius 2 is 2.19 bits per heavy atom. The molecule has 1 heterocycles. The maximum Gasteiger partial charge on any atom is 0.105 e. The zero-order valence-corrected chi connectivity index (χ0v) is 10.7. The van der Waals surface area contributed by atoms with Gasteiger partial charge in [-0.2, -0.15) is 0 Å². The molecule has 2 heteroatoms. The molecule has 1 unspecified atom stereocenters. The molecule has 0 radical (unpaired) electrons. The summed E-state index contributed by atoms with van der Waals surface area (Å²) in [6, 6.07) is 2.69. The fourth-order valence-corrected chi connectivity index (χ4v) is 2.62. The van der Waals surface area contributed by atoms with E-state index in [-0.39, 0.29) is 0 Å². The third-order valence-corrected chi connectivity index (χ3v) is 3.70. The Labute approximate surface area is 98.4 Å². The van der Waals surface area contributed by atoms with E-state index in [4.69, 9.17) is 4.42 Å². The summed E-state index contributed by atoms with van der Waals surface area (Å²) < 4.78 is 5.64. The lowest BCUT2D eigenvalue weighted by Gasteiger charge is -2.30. The first-order chi connectivity index (χ1) is 7.70. The van der Waals surface area contributed by atoms with Crippen LogP contribution in [0.1, 0.15) is 55.7 Å². The Morgan fingerprint density at radius 3 is 2.62 bits per heavy atom. The van der Waals surface area contributed by atoms with E-state index in [0.717, 1.165) is 24.0 Å². The maximum atomic E-state index is 5.64. The van der Waals surface area contributed by atoms with Gasteiger partial charge in [-0.3, -0.25) is 0 Å². The van der Waals surface area contributed by atoms with E-state index < -0.39 is 0 Å². The molecule has 0 amide bonds. The van der Waals surface area contributed by atoms with Crippen molar-refractivity contribution < 1.29 is 4.42 Å². The highest BCUT2D eigenvalue weighted by atomic mass is 16.3. The summed E-state index contributed by atoms with van der Waals surface area (Å²) >= 11 is 0. The fraction of sp³-hybridized carbons (Fsp3) is 0.714. The minimum absolute atomic E-state index is 0.493. The lowest BCUT2D eigenvalue weighted by molar-refractivity contribution is 0.261. The smallest absolute Gasteiger partial charge is 0.105 e. The van der Waals surface area contributed by atoms with Crippen LogP contribution in [0.4, 0.5) is 0 Å². The van der Waals surface area contributed by atoms with Crippen molar-refractivity contribution in [3.63, 3.8) is 0 Å². The summed E-state index contributed by atoms with van der Waals surface area (Å²) in [5.41, 5.74) is 1.37. The molecule has 0 aromatic carbocycles. The van der Waals surface area contributed by atoms with Crippen LogP contribution < -0.4 is 5.32 Å². The fourth-order valence-electron chi connectivity index (χ4n) is 2.62. The quantitative estimate of drug-likeness (QED) is 0.819. The molecule has 0 aliphatic heterocycles. The minimum atomic E-state index is 0.493. The van der Waals surface area contributed by atoms with Crippen LogP contribution in [0, 0.1) is 19.8 Å². The highest BCUT2D eigenvalue weighted by Gasteiger charge is 2.24. The molecule has 1 aliphatic carbocycles. The summed E-state index contributed by atoms with van der Waals surface area (Å²) in [7, 11) is 0. The second-order valence-electron chi connectivity index (χ2n) is 5.01. The van der Waals surface area contributed by atoms with Gasteiger partial charge in [0.2, 0.25) is 0 Å². The van der Waals surface area contributed by atoms with Gasteiger partial charge in [0.1, 0.15) is 11.5 Å². The lowest BCUT2D eigenvalue weighted by Crippen LogP contribution is -2.26. The molecule has 2 nitrogen and oxygen atoms in total. The van der Waals surface area contributed by atoms with E-state index >= 15 is 0 Å². The van der Waals surface area contributed by atoms with Gasteiger partial charge in [-0.15, -0.1) is 0 Å². The molecule has 0 bridgehead atoms. The van der Waals surface area contributed by atoms with Gasteiger partial charge in [0.15, 0.2) is 0 Å². The molecule has 1 aliphatic rings.